The summed E-state index contributed by atoms with van der Waals surface area (Å²) in [5, 5.41) is 5.93. The Morgan fingerprint density at radius 1 is 1.44 bits per heavy atom. The van der Waals surface area contributed by atoms with Crippen LogP contribution in [0.15, 0.2) is 24.3 Å². The number of fused-ring (bicyclic) bond motifs is 1. The zero-order valence-electron chi connectivity index (χ0n) is 9.47. The summed E-state index contributed by atoms with van der Waals surface area (Å²) in [6.45, 7) is 0.496. The van der Waals surface area contributed by atoms with E-state index in [1.807, 2.05) is 24.3 Å². The Kier molecular flexibility index (Phi) is 2.71. The van der Waals surface area contributed by atoms with Crippen molar-refractivity contribution < 1.29 is 9.59 Å². The van der Waals surface area contributed by atoms with Crippen molar-refractivity contribution in [3.8, 4) is 0 Å². The second-order valence-electron chi connectivity index (χ2n) is 4.17. The fraction of sp³-hybridized carbons (Fsp3) is 0.250. The lowest BCUT2D eigenvalue weighted by Gasteiger charge is -2.07. The summed E-state index contributed by atoms with van der Waals surface area (Å²) in [4.78, 5) is 27.3. The molecule has 2 heterocycles. The summed E-state index contributed by atoms with van der Waals surface area (Å²) in [5.74, 6) is -0.234. The summed E-state index contributed by atoms with van der Waals surface area (Å²) in [6, 6.07) is 7.50. The van der Waals surface area contributed by atoms with Gasteiger partial charge in [0.15, 0.2) is 5.01 Å². The number of rotatable bonds is 2. The molecule has 0 saturated carbocycles. The van der Waals surface area contributed by atoms with Crippen LogP contribution in [0.3, 0.4) is 0 Å². The highest BCUT2D eigenvalue weighted by atomic mass is 32.1. The monoisotopic (exact) mass is 261 g/mol. The second-order valence-corrected chi connectivity index (χ2v) is 5.20. The number of carbonyl (C=O) groups excluding carboxylic acids is 2. The Balaban J connectivity index is 1.77. The fourth-order valence-corrected chi connectivity index (χ4v) is 2.79. The van der Waals surface area contributed by atoms with Gasteiger partial charge in [-0.25, -0.2) is 4.98 Å². The van der Waals surface area contributed by atoms with E-state index in [2.05, 4.69) is 15.6 Å². The number of aromatic nitrogens is 1. The summed E-state index contributed by atoms with van der Waals surface area (Å²) in [6.07, 6.45) is 0.344. The Labute approximate surface area is 107 Å². The third kappa shape index (κ3) is 2.06. The molecular weight excluding hydrogens is 250 g/mol. The van der Waals surface area contributed by atoms with E-state index >= 15 is 0 Å². The largest absolute Gasteiger partial charge is 0.354 e. The van der Waals surface area contributed by atoms with Gasteiger partial charge in [-0.3, -0.25) is 9.59 Å². The number of hydrogen-bond acceptors (Lipinski definition) is 4. The summed E-state index contributed by atoms with van der Waals surface area (Å²) in [7, 11) is 0. The van der Waals surface area contributed by atoms with Crippen LogP contribution >= 0.6 is 11.3 Å². The smallest absolute Gasteiger partial charge is 0.280 e. The van der Waals surface area contributed by atoms with E-state index in [-0.39, 0.29) is 17.9 Å². The number of para-hydroxylation sites is 1. The molecule has 0 spiro atoms. The molecule has 2 N–H and O–H groups in total. The highest BCUT2D eigenvalue weighted by Crippen LogP contribution is 2.21. The van der Waals surface area contributed by atoms with Gasteiger partial charge in [0.1, 0.15) is 0 Å². The third-order valence-electron chi connectivity index (χ3n) is 2.80. The quantitative estimate of drug-likeness (QED) is 0.844. The molecule has 1 aliphatic rings. The minimum Gasteiger partial charge on any atom is -0.354 e. The Hall–Kier alpha value is -1.95. The molecule has 1 aromatic carbocycles. The molecule has 1 fully saturated rings. The van der Waals surface area contributed by atoms with Gasteiger partial charge in [-0.2, -0.15) is 0 Å². The lowest BCUT2D eigenvalue weighted by Crippen LogP contribution is -2.36. The molecule has 1 saturated heterocycles. The van der Waals surface area contributed by atoms with Crippen LogP contribution in [0.25, 0.3) is 10.2 Å². The van der Waals surface area contributed by atoms with Gasteiger partial charge in [0.05, 0.1) is 16.3 Å². The molecule has 1 aromatic heterocycles. The van der Waals surface area contributed by atoms with Crippen molar-refractivity contribution in [3.63, 3.8) is 0 Å². The Morgan fingerprint density at radius 2 is 2.28 bits per heavy atom. The van der Waals surface area contributed by atoms with Gasteiger partial charge in [0.2, 0.25) is 5.91 Å². The van der Waals surface area contributed by atoms with Crippen molar-refractivity contribution in [2.45, 2.75) is 12.5 Å². The molecule has 2 aromatic rings. The molecule has 5 nitrogen and oxygen atoms in total. The number of benzene rings is 1. The highest BCUT2D eigenvalue weighted by Gasteiger charge is 2.24. The van der Waals surface area contributed by atoms with Gasteiger partial charge in [-0.05, 0) is 12.1 Å². The van der Waals surface area contributed by atoms with Crippen LogP contribution in [0.5, 0.6) is 0 Å². The molecule has 2 amide bonds. The molecular formula is C12H11N3O2S. The van der Waals surface area contributed by atoms with Gasteiger partial charge in [-0.15, -0.1) is 11.3 Å². The lowest BCUT2D eigenvalue weighted by molar-refractivity contribution is -0.119. The molecule has 0 radical (unpaired) electrons. The van der Waals surface area contributed by atoms with E-state index in [9.17, 15) is 9.59 Å². The first-order chi connectivity index (χ1) is 8.72. The maximum absolute atomic E-state index is 12.0. The van der Waals surface area contributed by atoms with E-state index in [0.29, 0.717) is 18.0 Å². The number of carbonyl (C=O) groups is 2. The van der Waals surface area contributed by atoms with Crippen LogP contribution in [-0.4, -0.2) is 29.4 Å². The van der Waals surface area contributed by atoms with Crippen molar-refractivity contribution in [2.75, 3.05) is 6.54 Å². The van der Waals surface area contributed by atoms with Crippen LogP contribution in [-0.2, 0) is 4.79 Å². The number of amides is 2. The first-order valence-electron chi connectivity index (χ1n) is 5.65. The minimum atomic E-state index is -0.210. The average molecular weight is 261 g/mol. The topological polar surface area (TPSA) is 71.1 Å². The predicted octanol–water partition coefficient (Wildman–Crippen LogP) is 0.915. The molecule has 1 aliphatic heterocycles. The average Bonchev–Trinajstić information content (AvgIpc) is 2.95. The van der Waals surface area contributed by atoms with Crippen molar-refractivity contribution in [1.29, 1.82) is 0 Å². The predicted molar refractivity (Wildman–Crippen MR) is 68.5 cm³/mol. The van der Waals surface area contributed by atoms with Gasteiger partial charge in [0, 0.05) is 13.0 Å². The van der Waals surface area contributed by atoms with Gasteiger partial charge in [0.25, 0.3) is 5.91 Å². The van der Waals surface area contributed by atoms with Crippen LogP contribution in [0.2, 0.25) is 0 Å². The van der Waals surface area contributed by atoms with E-state index < -0.39 is 0 Å². The number of thiazole rings is 1. The second kappa shape index (κ2) is 4.38. The molecule has 1 unspecified atom stereocenters. The SMILES string of the molecule is O=C1CC(NC(=O)c2nc3ccccc3s2)CN1. The first kappa shape index (κ1) is 11.2. The zero-order valence-corrected chi connectivity index (χ0v) is 10.3. The molecule has 3 rings (SSSR count). The standard InChI is InChI=1S/C12H11N3O2S/c16-10-5-7(6-13-10)14-11(17)12-15-8-3-1-2-4-9(8)18-12/h1-4,7H,5-6H2,(H,13,16)(H,14,17). The van der Waals surface area contributed by atoms with E-state index in [0.717, 1.165) is 10.2 Å². The maximum Gasteiger partial charge on any atom is 0.280 e. The Bertz CT molecular complexity index is 590. The van der Waals surface area contributed by atoms with Crippen LogP contribution in [0.4, 0.5) is 0 Å². The summed E-state index contributed by atoms with van der Waals surface area (Å²) >= 11 is 1.36. The molecule has 0 aliphatic carbocycles. The van der Waals surface area contributed by atoms with Crippen molar-refractivity contribution in [2.24, 2.45) is 0 Å². The van der Waals surface area contributed by atoms with E-state index in [1.165, 1.54) is 11.3 Å². The van der Waals surface area contributed by atoms with Gasteiger partial charge in [-0.1, -0.05) is 12.1 Å². The van der Waals surface area contributed by atoms with Gasteiger partial charge < -0.3 is 10.6 Å². The van der Waals surface area contributed by atoms with Crippen molar-refractivity contribution in [3.05, 3.63) is 29.3 Å². The fourth-order valence-electron chi connectivity index (χ4n) is 1.92. The summed E-state index contributed by atoms with van der Waals surface area (Å²) in [5.41, 5.74) is 0.827. The number of hydrogen-bond donors (Lipinski definition) is 2. The number of nitrogens with zero attached hydrogens (tertiary/aromatic N) is 1. The number of nitrogens with one attached hydrogen (secondary N) is 2. The maximum atomic E-state index is 12.0. The van der Waals surface area contributed by atoms with Gasteiger partial charge >= 0.3 is 0 Å². The van der Waals surface area contributed by atoms with Crippen LogP contribution in [0.1, 0.15) is 16.2 Å². The minimum absolute atomic E-state index is 0.0235. The van der Waals surface area contributed by atoms with Crippen molar-refractivity contribution >= 4 is 33.4 Å². The normalized spacial score (nSPS) is 18.9. The molecule has 1 atom stereocenters. The Morgan fingerprint density at radius 3 is 3.00 bits per heavy atom. The summed E-state index contributed by atoms with van der Waals surface area (Å²) < 4.78 is 0.989. The first-order valence-corrected chi connectivity index (χ1v) is 6.47. The molecule has 92 valence electrons. The molecule has 18 heavy (non-hydrogen) atoms. The molecule has 0 bridgehead atoms. The van der Waals surface area contributed by atoms with Crippen molar-refractivity contribution in [1.82, 2.24) is 15.6 Å². The lowest BCUT2D eigenvalue weighted by atomic mass is 10.2. The van der Waals surface area contributed by atoms with E-state index in [1.54, 1.807) is 0 Å². The van der Waals surface area contributed by atoms with E-state index in [4.69, 9.17) is 0 Å². The molecule has 6 heteroatoms. The zero-order chi connectivity index (χ0) is 12.5. The highest BCUT2D eigenvalue weighted by molar-refractivity contribution is 7.20. The van der Waals surface area contributed by atoms with Crippen LogP contribution < -0.4 is 10.6 Å². The third-order valence-corrected chi connectivity index (χ3v) is 3.84. The van der Waals surface area contributed by atoms with Crippen LogP contribution in [0, 0.1) is 0 Å².